The molecule has 5 heteroatoms. The van der Waals surface area contributed by atoms with Crippen LogP contribution in [-0.4, -0.2) is 16.1 Å². The van der Waals surface area contributed by atoms with Crippen LogP contribution in [0.3, 0.4) is 0 Å². The number of oxazole rings is 1. The van der Waals surface area contributed by atoms with Gasteiger partial charge in [-0.2, -0.15) is 4.98 Å². The minimum atomic E-state index is -0.933. The van der Waals surface area contributed by atoms with Gasteiger partial charge in [0.1, 0.15) is 12.2 Å². The Labute approximate surface area is 111 Å². The molecule has 19 heavy (non-hydrogen) atoms. The Morgan fingerprint density at radius 3 is 2.47 bits per heavy atom. The maximum Gasteiger partial charge on any atom is 0.311 e. The number of aliphatic carboxylic acids is 1. The molecule has 0 atom stereocenters. The van der Waals surface area contributed by atoms with Crippen LogP contribution in [0.15, 0.2) is 22.6 Å². The molecule has 0 aliphatic heterocycles. The summed E-state index contributed by atoms with van der Waals surface area (Å²) in [4.78, 5) is 14.8. The smallest absolute Gasteiger partial charge is 0.311 e. The van der Waals surface area contributed by atoms with Crippen molar-refractivity contribution in [2.75, 3.05) is 5.32 Å². The predicted molar refractivity (Wildman–Crippen MR) is 71.8 cm³/mol. The Hall–Kier alpha value is -2.30. The molecule has 0 amide bonds. The molecule has 1 aromatic carbocycles. The normalized spacial score (nSPS) is 10.5. The first-order chi connectivity index (χ1) is 8.94. The second kappa shape index (κ2) is 5.14. The van der Waals surface area contributed by atoms with Crippen molar-refractivity contribution in [3.05, 3.63) is 40.8 Å². The molecular formula is C14H16N2O3. The Balaban J connectivity index is 2.21. The number of nitrogens with zero attached hydrogens (tertiary/aromatic N) is 1. The number of aromatic nitrogens is 1. The highest BCUT2D eigenvalue weighted by molar-refractivity contribution is 5.69. The lowest BCUT2D eigenvalue weighted by Crippen LogP contribution is -1.99. The van der Waals surface area contributed by atoms with Crippen molar-refractivity contribution in [2.24, 2.45) is 0 Å². The summed E-state index contributed by atoms with van der Waals surface area (Å²) in [6, 6.07) is 6.34. The zero-order valence-corrected chi connectivity index (χ0v) is 11.2. The van der Waals surface area contributed by atoms with E-state index in [-0.39, 0.29) is 6.42 Å². The molecule has 2 rings (SSSR count). The standard InChI is InChI=1S/C14H16N2O3/c1-8-4-9(2)6-11(5-8)16-14-15-10(3)12(19-14)7-13(17)18/h4-6H,7H2,1-3H3,(H,15,16)(H,17,18). The number of anilines is 2. The summed E-state index contributed by atoms with van der Waals surface area (Å²) in [6.07, 6.45) is -0.159. The van der Waals surface area contributed by atoms with Gasteiger partial charge in [0.05, 0.1) is 5.69 Å². The van der Waals surface area contributed by atoms with Gasteiger partial charge < -0.3 is 14.8 Å². The summed E-state index contributed by atoms with van der Waals surface area (Å²) in [5, 5.41) is 11.8. The molecule has 2 aromatic rings. The molecule has 0 saturated heterocycles. The van der Waals surface area contributed by atoms with E-state index in [1.807, 2.05) is 26.0 Å². The largest absolute Gasteiger partial charge is 0.481 e. The molecule has 5 nitrogen and oxygen atoms in total. The summed E-state index contributed by atoms with van der Waals surface area (Å²) in [6.45, 7) is 5.75. The number of benzene rings is 1. The van der Waals surface area contributed by atoms with Crippen LogP contribution in [0.5, 0.6) is 0 Å². The van der Waals surface area contributed by atoms with Gasteiger partial charge in [-0.3, -0.25) is 4.79 Å². The van der Waals surface area contributed by atoms with Crippen molar-refractivity contribution in [1.82, 2.24) is 4.98 Å². The van der Waals surface area contributed by atoms with Crippen LogP contribution in [0, 0.1) is 20.8 Å². The summed E-state index contributed by atoms with van der Waals surface area (Å²) >= 11 is 0. The number of carboxylic acid groups (broad SMARTS) is 1. The molecule has 0 aliphatic carbocycles. The van der Waals surface area contributed by atoms with Gasteiger partial charge in [0, 0.05) is 5.69 Å². The molecule has 100 valence electrons. The third-order valence-electron chi connectivity index (χ3n) is 2.68. The Morgan fingerprint density at radius 2 is 1.89 bits per heavy atom. The SMILES string of the molecule is Cc1cc(C)cc(Nc2nc(C)c(CC(=O)O)o2)c1. The predicted octanol–water partition coefficient (Wildman–Crippen LogP) is 2.97. The summed E-state index contributed by atoms with van der Waals surface area (Å²) in [5.41, 5.74) is 3.74. The first-order valence-electron chi connectivity index (χ1n) is 5.97. The third-order valence-corrected chi connectivity index (χ3v) is 2.68. The Morgan fingerprint density at radius 1 is 1.26 bits per heavy atom. The fourth-order valence-electron chi connectivity index (χ4n) is 1.95. The molecule has 0 aliphatic rings. The molecule has 0 unspecified atom stereocenters. The number of rotatable bonds is 4. The lowest BCUT2D eigenvalue weighted by atomic mass is 10.1. The summed E-state index contributed by atoms with van der Waals surface area (Å²) in [5.74, 6) is -0.559. The average Bonchev–Trinajstić information content (AvgIpc) is 2.56. The maximum absolute atomic E-state index is 10.7. The maximum atomic E-state index is 10.7. The molecule has 0 spiro atoms. The van der Waals surface area contributed by atoms with E-state index in [0.717, 1.165) is 16.8 Å². The van der Waals surface area contributed by atoms with Gasteiger partial charge in [0.15, 0.2) is 0 Å². The van der Waals surface area contributed by atoms with Crippen LogP contribution in [0.4, 0.5) is 11.7 Å². The second-order valence-corrected chi connectivity index (χ2v) is 4.60. The van der Waals surface area contributed by atoms with E-state index in [0.29, 0.717) is 17.5 Å². The molecule has 1 aromatic heterocycles. The van der Waals surface area contributed by atoms with E-state index in [2.05, 4.69) is 16.4 Å². The minimum absolute atomic E-state index is 0.159. The van der Waals surface area contributed by atoms with Gasteiger partial charge in [0.25, 0.3) is 6.01 Å². The van der Waals surface area contributed by atoms with Gasteiger partial charge >= 0.3 is 5.97 Å². The topological polar surface area (TPSA) is 75.4 Å². The van der Waals surface area contributed by atoms with Crippen LogP contribution in [0.25, 0.3) is 0 Å². The van der Waals surface area contributed by atoms with Gasteiger partial charge in [-0.05, 0) is 44.0 Å². The van der Waals surface area contributed by atoms with E-state index in [9.17, 15) is 4.79 Å². The lowest BCUT2D eigenvalue weighted by Gasteiger charge is -2.04. The second-order valence-electron chi connectivity index (χ2n) is 4.60. The minimum Gasteiger partial charge on any atom is -0.481 e. The first-order valence-corrected chi connectivity index (χ1v) is 5.97. The Kier molecular flexibility index (Phi) is 3.55. The highest BCUT2D eigenvalue weighted by Gasteiger charge is 2.13. The molecule has 0 saturated carbocycles. The van der Waals surface area contributed by atoms with Crippen LogP contribution in [0.1, 0.15) is 22.6 Å². The summed E-state index contributed by atoms with van der Waals surface area (Å²) < 4.78 is 5.41. The van der Waals surface area contributed by atoms with E-state index in [1.165, 1.54) is 0 Å². The van der Waals surface area contributed by atoms with E-state index in [4.69, 9.17) is 9.52 Å². The van der Waals surface area contributed by atoms with Crippen molar-refractivity contribution < 1.29 is 14.3 Å². The number of nitrogens with one attached hydrogen (secondary N) is 1. The van der Waals surface area contributed by atoms with Crippen LogP contribution in [0.2, 0.25) is 0 Å². The van der Waals surface area contributed by atoms with E-state index >= 15 is 0 Å². The van der Waals surface area contributed by atoms with Crippen molar-refractivity contribution in [3.63, 3.8) is 0 Å². The van der Waals surface area contributed by atoms with Crippen LogP contribution < -0.4 is 5.32 Å². The highest BCUT2D eigenvalue weighted by atomic mass is 16.4. The quantitative estimate of drug-likeness (QED) is 0.883. The molecule has 0 radical (unpaired) electrons. The third kappa shape index (κ3) is 3.34. The van der Waals surface area contributed by atoms with Crippen molar-refractivity contribution >= 4 is 17.7 Å². The molecule has 2 N–H and O–H groups in total. The van der Waals surface area contributed by atoms with Gasteiger partial charge in [-0.25, -0.2) is 0 Å². The first kappa shape index (κ1) is 13.1. The number of hydrogen-bond donors (Lipinski definition) is 2. The fourth-order valence-corrected chi connectivity index (χ4v) is 1.95. The van der Waals surface area contributed by atoms with Crippen molar-refractivity contribution in [3.8, 4) is 0 Å². The summed E-state index contributed by atoms with van der Waals surface area (Å²) in [7, 11) is 0. The van der Waals surface area contributed by atoms with Crippen molar-refractivity contribution in [1.29, 1.82) is 0 Å². The van der Waals surface area contributed by atoms with Crippen LogP contribution in [-0.2, 0) is 11.2 Å². The number of aryl methyl sites for hydroxylation is 3. The monoisotopic (exact) mass is 260 g/mol. The lowest BCUT2D eigenvalue weighted by molar-refractivity contribution is -0.136. The zero-order chi connectivity index (χ0) is 14.0. The molecule has 0 bridgehead atoms. The van der Waals surface area contributed by atoms with Gasteiger partial charge in [-0.1, -0.05) is 6.07 Å². The highest BCUT2D eigenvalue weighted by Crippen LogP contribution is 2.21. The molecular weight excluding hydrogens is 244 g/mol. The molecule has 1 heterocycles. The van der Waals surface area contributed by atoms with Crippen molar-refractivity contribution in [2.45, 2.75) is 27.2 Å². The fraction of sp³-hybridized carbons (Fsp3) is 0.286. The van der Waals surface area contributed by atoms with Crippen LogP contribution >= 0.6 is 0 Å². The number of hydrogen-bond acceptors (Lipinski definition) is 4. The zero-order valence-electron chi connectivity index (χ0n) is 11.2. The van der Waals surface area contributed by atoms with Gasteiger partial charge in [-0.15, -0.1) is 0 Å². The van der Waals surface area contributed by atoms with E-state index < -0.39 is 5.97 Å². The average molecular weight is 260 g/mol. The van der Waals surface area contributed by atoms with Gasteiger partial charge in [0.2, 0.25) is 0 Å². The van der Waals surface area contributed by atoms with E-state index in [1.54, 1.807) is 6.92 Å². The molecule has 0 fully saturated rings. The number of carbonyl (C=O) groups is 1. The Bertz CT molecular complexity index is 597. The number of carboxylic acids is 1.